The molecule has 3 amide bonds. The second-order valence-electron chi connectivity index (χ2n) is 16.2. The number of hydrogen-bond donors (Lipinski definition) is 4. The van der Waals surface area contributed by atoms with Gasteiger partial charge in [0.1, 0.15) is 22.8 Å². The van der Waals surface area contributed by atoms with Crippen LogP contribution in [0.1, 0.15) is 91.3 Å². The van der Waals surface area contributed by atoms with Crippen LogP contribution in [0.5, 0.6) is 11.5 Å². The highest BCUT2D eigenvalue weighted by Crippen LogP contribution is 2.29. The highest BCUT2D eigenvalue weighted by Gasteiger charge is 2.30. The number of carboxylic acids is 1. The number of piperidine rings is 2. The highest BCUT2D eigenvalue weighted by molar-refractivity contribution is 8.77. The summed E-state index contributed by atoms with van der Waals surface area (Å²) >= 11 is 11.7. The molecule has 0 bridgehead atoms. The SMILES string of the molecule is COc1ccc(Cl)cc1C(=O)N1CCC[C@H](C(=O)NCCSSCCN(C)C)C1.COc1ccc(Cl)cc1C(=O)O.O=C(CCCSSCCNC(=O)[C@H]1CCCNC1)C1CCCCC1. The number of hydrogen-bond acceptors (Lipinski definition) is 13. The van der Waals surface area contributed by atoms with Crippen molar-refractivity contribution >= 4 is 95.9 Å². The van der Waals surface area contributed by atoms with Crippen molar-refractivity contribution < 1.29 is 38.6 Å². The Bertz CT molecular complexity index is 1740. The van der Waals surface area contributed by atoms with Gasteiger partial charge in [-0.25, -0.2) is 4.79 Å². The van der Waals surface area contributed by atoms with E-state index in [0.717, 1.165) is 101 Å². The lowest BCUT2D eigenvalue weighted by Crippen LogP contribution is -2.45. The number of methoxy groups -OCH3 is 2. The monoisotopic (exact) mass is 1020 g/mol. The van der Waals surface area contributed by atoms with E-state index in [1.54, 1.807) is 50.8 Å². The maximum atomic E-state index is 13.0. The number of ketones is 1. The molecule has 3 fully saturated rings. The van der Waals surface area contributed by atoms with Gasteiger partial charge in [0.05, 0.1) is 31.6 Å². The second-order valence-corrected chi connectivity index (χ2v) is 22.5. The van der Waals surface area contributed by atoms with Gasteiger partial charge in [0.2, 0.25) is 11.8 Å². The fraction of sp³-hybridized carbons (Fsp3) is 0.630. The third-order valence-electron chi connectivity index (χ3n) is 11.0. The van der Waals surface area contributed by atoms with Crippen LogP contribution >= 0.6 is 66.4 Å². The fourth-order valence-corrected chi connectivity index (χ4v) is 11.8. The number of nitrogens with one attached hydrogen (secondary N) is 3. The first kappa shape index (κ1) is 56.8. The third kappa shape index (κ3) is 22.4. The zero-order chi connectivity index (χ0) is 47.4. The lowest BCUT2D eigenvalue weighted by molar-refractivity contribution is -0.126. The van der Waals surface area contributed by atoms with Gasteiger partial charge in [-0.15, -0.1) is 0 Å². The first-order chi connectivity index (χ1) is 31.3. The van der Waals surface area contributed by atoms with E-state index in [0.29, 0.717) is 58.4 Å². The first-order valence-electron chi connectivity index (χ1n) is 22.5. The normalized spacial score (nSPS) is 17.4. The first-order valence-corrected chi connectivity index (χ1v) is 28.2. The van der Waals surface area contributed by atoms with Gasteiger partial charge in [-0.1, -0.05) is 85.6 Å². The van der Waals surface area contributed by atoms with Crippen molar-refractivity contribution in [2.75, 3.05) is 97.1 Å². The van der Waals surface area contributed by atoms with Crippen LogP contribution in [0, 0.1) is 17.8 Å². The molecule has 2 heterocycles. The van der Waals surface area contributed by atoms with Crippen molar-refractivity contribution in [1.29, 1.82) is 0 Å². The van der Waals surface area contributed by atoms with Crippen molar-refractivity contribution in [3.05, 3.63) is 57.6 Å². The number of benzene rings is 2. The number of carbonyl (C=O) groups is 5. The summed E-state index contributed by atoms with van der Waals surface area (Å²) in [6.45, 7) is 5.36. The van der Waals surface area contributed by atoms with Gasteiger partial charge in [0, 0.05) is 84.7 Å². The molecule has 2 atom stereocenters. The number of Topliss-reactive ketones (excluding diaryl/α,β-unsaturated/α-hetero) is 1. The van der Waals surface area contributed by atoms with Gasteiger partial charge in [-0.05, 0) is 102 Å². The Morgan fingerprint density at radius 2 is 1.29 bits per heavy atom. The predicted octanol–water partition coefficient (Wildman–Crippen LogP) is 8.72. The molecule has 1 saturated carbocycles. The summed E-state index contributed by atoms with van der Waals surface area (Å²) in [5, 5.41) is 18.9. The summed E-state index contributed by atoms with van der Waals surface area (Å²) in [4.78, 5) is 64.0. The van der Waals surface area contributed by atoms with Crippen LogP contribution < -0.4 is 25.4 Å². The number of amides is 3. The minimum atomic E-state index is -1.05. The Labute approximate surface area is 412 Å². The zero-order valence-corrected chi connectivity index (χ0v) is 43.1. The molecule has 1 aliphatic carbocycles. The van der Waals surface area contributed by atoms with E-state index in [-0.39, 0.29) is 35.1 Å². The van der Waals surface area contributed by atoms with E-state index >= 15 is 0 Å². The Morgan fingerprint density at radius 1 is 0.738 bits per heavy atom. The number of ether oxygens (including phenoxy) is 2. The average molecular weight is 1020 g/mol. The van der Waals surface area contributed by atoms with Gasteiger partial charge >= 0.3 is 5.97 Å². The molecule has 3 aliphatic rings. The van der Waals surface area contributed by atoms with Crippen molar-refractivity contribution in [2.24, 2.45) is 17.8 Å². The number of likely N-dealkylation sites (tertiary alicyclic amines) is 1. The van der Waals surface area contributed by atoms with Gasteiger partial charge in [0.25, 0.3) is 5.91 Å². The molecule has 364 valence electrons. The van der Waals surface area contributed by atoms with Crippen molar-refractivity contribution in [3.8, 4) is 11.5 Å². The second kappa shape index (κ2) is 33.1. The minimum absolute atomic E-state index is 0.0273. The van der Waals surface area contributed by atoms with E-state index in [4.69, 9.17) is 37.8 Å². The molecule has 2 saturated heterocycles. The van der Waals surface area contributed by atoms with Crippen molar-refractivity contribution in [1.82, 2.24) is 25.8 Å². The summed E-state index contributed by atoms with van der Waals surface area (Å²) in [5.74, 6) is 4.59. The molecule has 0 aromatic heterocycles. The average Bonchev–Trinajstić information content (AvgIpc) is 3.32. The summed E-state index contributed by atoms with van der Waals surface area (Å²) in [5.41, 5.74) is 0.511. The molecule has 0 spiro atoms. The molecule has 0 radical (unpaired) electrons. The smallest absolute Gasteiger partial charge is 0.339 e. The molecular weight excluding hydrogens is 950 g/mol. The van der Waals surface area contributed by atoms with Crippen molar-refractivity contribution in [3.63, 3.8) is 0 Å². The van der Waals surface area contributed by atoms with Gasteiger partial charge in [0.15, 0.2) is 0 Å². The van der Waals surface area contributed by atoms with Crippen LogP contribution in [0.4, 0.5) is 0 Å². The standard InChI is InChI=1S/C20H30ClN3O3S2.C18H32N2O2S2.C8H7ClO3/c1-23(2)10-12-29-28-11-8-22-19(25)15-5-4-9-24(14-15)20(26)17-13-16(21)6-7-18(17)27-3;21-17(15-6-2-1-3-7-15)9-5-12-23-24-13-11-20-18(22)16-8-4-10-19-14-16;1-12-7-3-2-5(9)4-6(7)8(10)11/h6-7,13,15H,4-5,8-12,14H2,1-3H3,(H,22,25);15-16,19H,1-14H2,(H,20,22);2-4H,1H3,(H,10,11)/t15-;16-;/m00./s1. The summed E-state index contributed by atoms with van der Waals surface area (Å²) in [6.07, 6.45) is 11.5. The molecule has 2 aromatic carbocycles. The number of carboxylic acid groups (broad SMARTS) is 1. The van der Waals surface area contributed by atoms with E-state index in [2.05, 4.69) is 34.9 Å². The molecule has 5 rings (SSSR count). The molecule has 13 nitrogen and oxygen atoms in total. The Hall–Kier alpha value is -2.51. The number of rotatable bonds is 22. The van der Waals surface area contributed by atoms with Crippen LogP contribution in [0.3, 0.4) is 0 Å². The summed E-state index contributed by atoms with van der Waals surface area (Å²) in [6, 6.07) is 9.46. The van der Waals surface area contributed by atoms with Crippen molar-refractivity contribution in [2.45, 2.75) is 70.6 Å². The van der Waals surface area contributed by atoms with Gasteiger partial charge < -0.3 is 40.3 Å². The minimum Gasteiger partial charge on any atom is -0.496 e. The topological polar surface area (TPSA) is 167 Å². The van der Waals surface area contributed by atoms with Crippen LogP contribution in [-0.4, -0.2) is 142 Å². The van der Waals surface area contributed by atoms with E-state index in [1.165, 1.54) is 45.6 Å². The molecule has 19 heteroatoms. The zero-order valence-electron chi connectivity index (χ0n) is 38.3. The number of nitrogens with zero attached hydrogens (tertiary/aromatic N) is 2. The van der Waals surface area contributed by atoms with Crippen LogP contribution in [0.15, 0.2) is 36.4 Å². The van der Waals surface area contributed by atoms with Crippen LogP contribution in [0.2, 0.25) is 10.0 Å². The van der Waals surface area contributed by atoms with E-state index < -0.39 is 5.97 Å². The summed E-state index contributed by atoms with van der Waals surface area (Å²) in [7, 11) is 14.3. The maximum absolute atomic E-state index is 13.0. The molecular formula is C46H69Cl2N5O8S4. The van der Waals surface area contributed by atoms with Crippen LogP contribution in [0.25, 0.3) is 0 Å². The largest absolute Gasteiger partial charge is 0.496 e. The van der Waals surface area contributed by atoms with E-state index in [9.17, 15) is 24.0 Å². The molecule has 4 N–H and O–H groups in total. The number of aromatic carboxylic acids is 1. The molecule has 2 aromatic rings. The van der Waals surface area contributed by atoms with Gasteiger partial charge in [-0.3, -0.25) is 19.2 Å². The predicted molar refractivity (Wildman–Crippen MR) is 272 cm³/mol. The van der Waals surface area contributed by atoms with Gasteiger partial charge in [-0.2, -0.15) is 0 Å². The summed E-state index contributed by atoms with van der Waals surface area (Å²) < 4.78 is 10.1. The van der Waals surface area contributed by atoms with Crippen LogP contribution in [-0.2, 0) is 14.4 Å². The lowest BCUT2D eigenvalue weighted by Gasteiger charge is -2.32. The third-order valence-corrected chi connectivity index (χ3v) is 16.3. The molecule has 2 aliphatic heterocycles. The number of halogens is 2. The van der Waals surface area contributed by atoms with E-state index in [1.807, 2.05) is 21.6 Å². The highest BCUT2D eigenvalue weighted by atomic mass is 35.5. The fourth-order valence-electron chi connectivity index (χ4n) is 7.43. The lowest BCUT2D eigenvalue weighted by atomic mass is 9.85. The Balaban J connectivity index is 0.000000280. The molecule has 0 unspecified atom stereocenters. The Morgan fingerprint density at radius 3 is 1.88 bits per heavy atom. The maximum Gasteiger partial charge on any atom is 0.339 e. The quantitative estimate of drug-likeness (QED) is 0.0654. The Kier molecular flexibility index (Phi) is 28.9. The number of carbonyl (C=O) groups excluding carboxylic acids is 4. The molecule has 65 heavy (non-hydrogen) atoms.